The first kappa shape index (κ1) is 11.1. The van der Waals surface area contributed by atoms with Crippen molar-refractivity contribution in [3.63, 3.8) is 0 Å². The van der Waals surface area contributed by atoms with Crippen LogP contribution in [-0.2, 0) is 7.05 Å². The Kier molecular flexibility index (Phi) is 2.90. The predicted octanol–water partition coefficient (Wildman–Crippen LogP) is 3.66. The summed E-state index contributed by atoms with van der Waals surface area (Å²) in [5.41, 5.74) is 2.53. The molecule has 1 atom stereocenters. The van der Waals surface area contributed by atoms with Gasteiger partial charge in [0.25, 0.3) is 0 Å². The van der Waals surface area contributed by atoms with E-state index in [2.05, 4.69) is 50.6 Å². The van der Waals surface area contributed by atoms with Crippen molar-refractivity contribution in [3.8, 4) is 5.75 Å². The van der Waals surface area contributed by atoms with E-state index in [0.29, 0.717) is 0 Å². The van der Waals surface area contributed by atoms with Crippen molar-refractivity contribution in [3.05, 3.63) is 30.0 Å². The summed E-state index contributed by atoms with van der Waals surface area (Å²) in [6.07, 6.45) is 1.31. The fourth-order valence-electron chi connectivity index (χ4n) is 1.85. The number of aryl methyl sites for hydroxylation is 2. The van der Waals surface area contributed by atoms with E-state index in [0.717, 1.165) is 12.2 Å². The third-order valence-corrected chi connectivity index (χ3v) is 3.17. The van der Waals surface area contributed by atoms with E-state index >= 15 is 0 Å². The molecule has 0 amide bonds. The first-order valence-electron chi connectivity index (χ1n) is 5.84. The van der Waals surface area contributed by atoms with Gasteiger partial charge in [0.2, 0.25) is 0 Å². The van der Waals surface area contributed by atoms with Gasteiger partial charge in [0, 0.05) is 23.6 Å². The van der Waals surface area contributed by atoms with Gasteiger partial charge in [-0.25, -0.2) is 0 Å². The molecule has 1 unspecified atom stereocenters. The maximum absolute atomic E-state index is 5.81. The average molecular weight is 217 g/mol. The highest BCUT2D eigenvalue weighted by Crippen LogP contribution is 2.24. The number of rotatable bonds is 3. The molecule has 0 radical (unpaired) electrons. The van der Waals surface area contributed by atoms with Crippen LogP contribution in [0.3, 0.4) is 0 Å². The van der Waals surface area contributed by atoms with E-state index < -0.39 is 0 Å². The second-order valence-corrected chi connectivity index (χ2v) is 4.40. The lowest BCUT2D eigenvalue weighted by Gasteiger charge is -2.12. The summed E-state index contributed by atoms with van der Waals surface area (Å²) in [4.78, 5) is 0. The van der Waals surface area contributed by atoms with Crippen LogP contribution in [0.25, 0.3) is 10.9 Å². The van der Waals surface area contributed by atoms with Gasteiger partial charge in [-0.3, -0.25) is 0 Å². The van der Waals surface area contributed by atoms with Gasteiger partial charge in [0.05, 0.1) is 6.10 Å². The van der Waals surface area contributed by atoms with Gasteiger partial charge in [-0.05, 0) is 44.5 Å². The monoisotopic (exact) mass is 217 g/mol. The Morgan fingerprint density at radius 1 is 1.31 bits per heavy atom. The van der Waals surface area contributed by atoms with E-state index in [9.17, 15) is 0 Å². The van der Waals surface area contributed by atoms with Crippen LogP contribution >= 0.6 is 0 Å². The second kappa shape index (κ2) is 4.20. The van der Waals surface area contributed by atoms with Crippen molar-refractivity contribution in [2.45, 2.75) is 33.3 Å². The molecule has 2 nitrogen and oxygen atoms in total. The largest absolute Gasteiger partial charge is 0.491 e. The third kappa shape index (κ3) is 1.92. The zero-order valence-electron chi connectivity index (χ0n) is 10.4. The number of nitrogens with zero attached hydrogens (tertiary/aromatic N) is 1. The number of hydrogen-bond donors (Lipinski definition) is 0. The summed E-state index contributed by atoms with van der Waals surface area (Å²) in [5, 5.41) is 1.25. The Morgan fingerprint density at radius 2 is 2.06 bits per heavy atom. The smallest absolute Gasteiger partial charge is 0.120 e. The number of aromatic nitrogens is 1. The van der Waals surface area contributed by atoms with Crippen molar-refractivity contribution >= 4 is 10.9 Å². The lowest BCUT2D eigenvalue weighted by atomic mass is 10.2. The van der Waals surface area contributed by atoms with E-state index in [1.54, 1.807) is 0 Å². The molecule has 16 heavy (non-hydrogen) atoms. The molecule has 2 heteroatoms. The third-order valence-electron chi connectivity index (χ3n) is 3.17. The first-order chi connectivity index (χ1) is 7.61. The Hall–Kier alpha value is -1.44. The molecule has 1 aromatic heterocycles. The highest BCUT2D eigenvalue weighted by Gasteiger charge is 2.05. The summed E-state index contributed by atoms with van der Waals surface area (Å²) in [6, 6.07) is 8.49. The fraction of sp³-hybridized carbons (Fsp3) is 0.429. The maximum Gasteiger partial charge on any atom is 0.120 e. The van der Waals surface area contributed by atoms with Crippen molar-refractivity contribution in [2.24, 2.45) is 7.05 Å². The summed E-state index contributed by atoms with van der Waals surface area (Å²) < 4.78 is 8.01. The Bertz CT molecular complexity index is 499. The van der Waals surface area contributed by atoms with E-state index in [-0.39, 0.29) is 6.10 Å². The average Bonchev–Trinajstić information content (AvgIpc) is 2.54. The first-order valence-corrected chi connectivity index (χ1v) is 5.84. The van der Waals surface area contributed by atoms with Crippen LogP contribution < -0.4 is 4.74 Å². The number of fused-ring (bicyclic) bond motifs is 1. The summed E-state index contributed by atoms with van der Waals surface area (Å²) in [7, 11) is 2.09. The molecule has 0 aliphatic carbocycles. The number of benzene rings is 1. The molecule has 86 valence electrons. The highest BCUT2D eigenvalue weighted by atomic mass is 16.5. The van der Waals surface area contributed by atoms with Crippen molar-refractivity contribution in [1.29, 1.82) is 0 Å². The topological polar surface area (TPSA) is 14.2 Å². The zero-order valence-corrected chi connectivity index (χ0v) is 10.4. The molecular formula is C14H19NO. The molecule has 0 fully saturated rings. The summed E-state index contributed by atoms with van der Waals surface area (Å²) in [6.45, 7) is 6.35. The molecule has 2 rings (SSSR count). The van der Waals surface area contributed by atoms with Crippen molar-refractivity contribution < 1.29 is 4.74 Å². The van der Waals surface area contributed by atoms with Crippen molar-refractivity contribution in [2.75, 3.05) is 0 Å². The van der Waals surface area contributed by atoms with Crippen LogP contribution in [0.5, 0.6) is 5.75 Å². The highest BCUT2D eigenvalue weighted by molar-refractivity contribution is 5.82. The zero-order chi connectivity index (χ0) is 11.7. The predicted molar refractivity (Wildman–Crippen MR) is 68.0 cm³/mol. The van der Waals surface area contributed by atoms with Gasteiger partial charge in [0.1, 0.15) is 5.75 Å². The van der Waals surface area contributed by atoms with Gasteiger partial charge in [0.15, 0.2) is 0 Å². The van der Waals surface area contributed by atoms with Crippen LogP contribution in [0, 0.1) is 6.92 Å². The fourth-order valence-corrected chi connectivity index (χ4v) is 1.85. The molecule has 0 aliphatic rings. The molecular weight excluding hydrogens is 198 g/mol. The number of ether oxygens (including phenoxy) is 1. The van der Waals surface area contributed by atoms with Gasteiger partial charge < -0.3 is 9.30 Å². The summed E-state index contributed by atoms with van der Waals surface area (Å²) >= 11 is 0. The van der Waals surface area contributed by atoms with Crippen LogP contribution in [0.2, 0.25) is 0 Å². The van der Waals surface area contributed by atoms with Gasteiger partial charge in [-0.2, -0.15) is 0 Å². The molecule has 0 spiro atoms. The van der Waals surface area contributed by atoms with E-state index in [1.165, 1.54) is 16.6 Å². The lowest BCUT2D eigenvalue weighted by Crippen LogP contribution is -2.09. The van der Waals surface area contributed by atoms with Gasteiger partial charge >= 0.3 is 0 Å². The minimum Gasteiger partial charge on any atom is -0.491 e. The standard InChI is InChI=1S/C14H19NO/c1-5-11(3)16-13-6-7-14-12(9-13)8-10(2)15(14)4/h6-9,11H,5H2,1-4H3. The number of hydrogen-bond acceptors (Lipinski definition) is 1. The van der Waals surface area contributed by atoms with Gasteiger partial charge in [-0.1, -0.05) is 6.92 Å². The second-order valence-electron chi connectivity index (χ2n) is 4.40. The van der Waals surface area contributed by atoms with Crippen molar-refractivity contribution in [1.82, 2.24) is 4.57 Å². The van der Waals surface area contributed by atoms with Crippen LogP contribution in [0.1, 0.15) is 26.0 Å². The minimum atomic E-state index is 0.280. The quantitative estimate of drug-likeness (QED) is 0.765. The Morgan fingerprint density at radius 3 is 2.75 bits per heavy atom. The van der Waals surface area contributed by atoms with Crippen LogP contribution in [0.4, 0.5) is 0 Å². The molecule has 0 saturated carbocycles. The molecule has 0 aliphatic heterocycles. The molecule has 1 aromatic carbocycles. The molecule has 0 bridgehead atoms. The molecule has 0 N–H and O–H groups in total. The SMILES string of the molecule is CCC(C)Oc1ccc2c(c1)cc(C)n2C. The van der Waals surface area contributed by atoms with Crippen LogP contribution in [-0.4, -0.2) is 10.7 Å². The van der Waals surface area contributed by atoms with Crippen LogP contribution in [0.15, 0.2) is 24.3 Å². The Balaban J connectivity index is 2.37. The minimum absolute atomic E-state index is 0.280. The molecule has 0 saturated heterocycles. The lowest BCUT2D eigenvalue weighted by molar-refractivity contribution is 0.218. The normalized spacial score (nSPS) is 13.0. The summed E-state index contributed by atoms with van der Waals surface area (Å²) in [5.74, 6) is 0.965. The van der Waals surface area contributed by atoms with Gasteiger partial charge in [-0.15, -0.1) is 0 Å². The molecule has 2 aromatic rings. The van der Waals surface area contributed by atoms with E-state index in [4.69, 9.17) is 4.74 Å². The molecule has 1 heterocycles. The maximum atomic E-state index is 5.81. The van der Waals surface area contributed by atoms with E-state index in [1.807, 2.05) is 6.07 Å². The Labute approximate surface area is 96.8 Å².